The lowest BCUT2D eigenvalue weighted by Gasteiger charge is -2.36. The zero-order valence-electron chi connectivity index (χ0n) is 16.8. The van der Waals surface area contributed by atoms with Crippen LogP contribution in [0.5, 0.6) is 0 Å². The zero-order valence-corrected chi connectivity index (χ0v) is 16.8. The van der Waals surface area contributed by atoms with Crippen LogP contribution in [0.25, 0.3) is 17.3 Å². The van der Waals surface area contributed by atoms with E-state index in [0.717, 1.165) is 43.3 Å². The Labute approximate surface area is 168 Å². The average Bonchev–Trinajstić information content (AvgIpc) is 3.22. The van der Waals surface area contributed by atoms with Crippen molar-refractivity contribution in [3.8, 4) is 11.3 Å². The molecule has 2 aromatic rings. The van der Waals surface area contributed by atoms with E-state index in [2.05, 4.69) is 57.5 Å². The number of unbranched alkanes of at least 4 members (excludes halogenated alkanes) is 2. The highest BCUT2D eigenvalue weighted by atomic mass is 15.3. The van der Waals surface area contributed by atoms with Crippen molar-refractivity contribution in [1.29, 1.82) is 5.41 Å². The summed E-state index contributed by atoms with van der Waals surface area (Å²) in [4.78, 5) is 12.7. The summed E-state index contributed by atoms with van der Waals surface area (Å²) >= 11 is 0. The van der Waals surface area contributed by atoms with Crippen LogP contribution in [0.3, 0.4) is 0 Å². The molecular weight excluding hydrogens is 346 g/mol. The summed E-state index contributed by atoms with van der Waals surface area (Å²) in [5.74, 6) is 0.741. The van der Waals surface area contributed by atoms with Gasteiger partial charge in [0.05, 0.1) is 17.6 Å². The Bertz CT molecular complexity index is 795. The van der Waals surface area contributed by atoms with Crippen molar-refractivity contribution in [3.63, 3.8) is 0 Å². The van der Waals surface area contributed by atoms with Gasteiger partial charge in [-0.1, -0.05) is 38.5 Å². The van der Waals surface area contributed by atoms with E-state index in [1.165, 1.54) is 37.6 Å². The second kappa shape index (κ2) is 10.0. The topological polar surface area (TPSA) is 59.0 Å². The minimum atomic E-state index is 0.368. The number of hydrogen-bond donors (Lipinski definition) is 2. The first-order valence-corrected chi connectivity index (χ1v) is 10.2. The Morgan fingerprint density at radius 3 is 2.61 bits per heavy atom. The highest BCUT2D eigenvalue weighted by Crippen LogP contribution is 2.23. The molecule has 0 saturated carbocycles. The summed E-state index contributed by atoms with van der Waals surface area (Å²) in [6.45, 7) is 11.6. The van der Waals surface area contributed by atoms with E-state index in [4.69, 9.17) is 5.41 Å². The largest absolute Gasteiger partial charge is 0.369 e. The molecule has 0 amide bonds. The molecule has 28 heavy (non-hydrogen) atoms. The third-order valence-corrected chi connectivity index (χ3v) is 5.23. The van der Waals surface area contributed by atoms with Crippen LogP contribution in [0.4, 0.5) is 5.69 Å². The third kappa shape index (κ3) is 5.42. The normalized spacial score (nSPS) is 15.2. The summed E-state index contributed by atoms with van der Waals surface area (Å²) in [6, 6.07) is 8.70. The number of anilines is 1. The molecule has 0 bridgehead atoms. The van der Waals surface area contributed by atoms with E-state index in [9.17, 15) is 0 Å². The Morgan fingerprint density at radius 1 is 1.18 bits per heavy atom. The molecule has 2 N–H and O–H groups in total. The van der Waals surface area contributed by atoms with Crippen molar-refractivity contribution >= 4 is 17.5 Å². The van der Waals surface area contributed by atoms with Crippen LogP contribution in [0.2, 0.25) is 0 Å². The lowest BCUT2D eigenvalue weighted by molar-refractivity contribution is 0.252. The lowest BCUT2D eigenvalue weighted by Crippen LogP contribution is -2.46. The quantitative estimate of drug-likeness (QED) is 0.496. The monoisotopic (exact) mass is 377 g/mol. The minimum absolute atomic E-state index is 0.368. The van der Waals surface area contributed by atoms with Gasteiger partial charge in [-0.3, -0.25) is 4.90 Å². The molecule has 5 nitrogen and oxygen atoms in total. The van der Waals surface area contributed by atoms with Crippen molar-refractivity contribution in [2.45, 2.75) is 26.2 Å². The van der Waals surface area contributed by atoms with Crippen LogP contribution in [-0.4, -0.2) is 53.3 Å². The fraction of sp³-hybridized carbons (Fsp3) is 0.391. The number of nitrogens with zero attached hydrogens (tertiary/aromatic N) is 3. The Balaban J connectivity index is 1.56. The van der Waals surface area contributed by atoms with Gasteiger partial charge in [0.2, 0.25) is 0 Å². The Hall–Kier alpha value is -2.66. The molecule has 0 radical (unpaired) electrons. The van der Waals surface area contributed by atoms with Gasteiger partial charge in [-0.05, 0) is 48.9 Å². The fourth-order valence-corrected chi connectivity index (χ4v) is 3.47. The predicted octanol–water partition coefficient (Wildman–Crippen LogP) is 4.61. The first-order chi connectivity index (χ1) is 13.7. The van der Waals surface area contributed by atoms with Gasteiger partial charge in [-0.2, -0.15) is 0 Å². The molecule has 3 rings (SSSR count). The molecule has 1 aromatic carbocycles. The first kappa shape index (κ1) is 20.1. The number of nitrogens with one attached hydrogen (secondary N) is 2. The molecule has 1 aromatic heterocycles. The summed E-state index contributed by atoms with van der Waals surface area (Å²) < 4.78 is 0. The Morgan fingerprint density at radius 2 is 1.93 bits per heavy atom. The number of imidazole rings is 1. The number of benzene rings is 1. The molecule has 0 spiro atoms. The third-order valence-electron chi connectivity index (χ3n) is 5.23. The predicted molar refractivity (Wildman–Crippen MR) is 119 cm³/mol. The van der Waals surface area contributed by atoms with Crippen LogP contribution in [0, 0.1) is 5.41 Å². The number of aromatic amines is 1. The summed E-state index contributed by atoms with van der Waals surface area (Å²) in [5.41, 5.74) is 3.76. The number of hydrogen-bond acceptors (Lipinski definition) is 4. The van der Waals surface area contributed by atoms with Crippen LogP contribution < -0.4 is 4.90 Å². The molecule has 0 atom stereocenters. The minimum Gasteiger partial charge on any atom is -0.369 e. The van der Waals surface area contributed by atoms with E-state index in [-0.39, 0.29) is 0 Å². The molecule has 1 aliphatic heterocycles. The lowest BCUT2D eigenvalue weighted by atomic mass is 10.1. The number of aromatic nitrogens is 2. The van der Waals surface area contributed by atoms with Gasteiger partial charge in [-0.15, -0.1) is 0 Å². The van der Waals surface area contributed by atoms with Crippen LogP contribution in [0.15, 0.2) is 49.2 Å². The molecule has 0 unspecified atom stereocenters. The van der Waals surface area contributed by atoms with Crippen LogP contribution in [-0.2, 0) is 0 Å². The number of H-pyrrole nitrogens is 1. The average molecular weight is 378 g/mol. The molecule has 2 heterocycles. The highest BCUT2D eigenvalue weighted by molar-refractivity contribution is 6.03. The van der Waals surface area contributed by atoms with Crippen molar-refractivity contribution < 1.29 is 0 Å². The van der Waals surface area contributed by atoms with Crippen LogP contribution in [0.1, 0.15) is 32.0 Å². The summed E-state index contributed by atoms with van der Waals surface area (Å²) in [5, 5.41) is 7.58. The van der Waals surface area contributed by atoms with Gasteiger partial charge in [0.15, 0.2) is 0 Å². The standard InChI is InChI=1S/C23H31N5/c1-3-5-6-13-27-14-16-28(17-15-27)21-10-7-19(8-11-21)22-18-25-23(26-22)12-9-20(24)4-2/h4,7-12,18,24H,2-3,5-6,13-17H2,1H3,(H,25,26)/b12-9-,24-20?. The van der Waals surface area contributed by atoms with Gasteiger partial charge in [0.25, 0.3) is 0 Å². The van der Waals surface area contributed by atoms with Gasteiger partial charge in [-0.25, -0.2) is 4.98 Å². The van der Waals surface area contributed by atoms with Gasteiger partial charge < -0.3 is 15.3 Å². The van der Waals surface area contributed by atoms with E-state index in [0.29, 0.717) is 5.71 Å². The van der Waals surface area contributed by atoms with E-state index in [1.807, 2.05) is 6.20 Å². The first-order valence-electron chi connectivity index (χ1n) is 10.2. The number of piperazine rings is 1. The van der Waals surface area contributed by atoms with Gasteiger partial charge in [0.1, 0.15) is 5.82 Å². The summed E-state index contributed by atoms with van der Waals surface area (Å²) in [6.07, 6.45) is 10.8. The van der Waals surface area contributed by atoms with E-state index < -0.39 is 0 Å². The number of allylic oxidation sites excluding steroid dienone is 2. The highest BCUT2D eigenvalue weighted by Gasteiger charge is 2.16. The van der Waals surface area contributed by atoms with Crippen LogP contribution >= 0.6 is 0 Å². The fourth-order valence-electron chi connectivity index (χ4n) is 3.47. The van der Waals surface area contributed by atoms with Gasteiger partial charge >= 0.3 is 0 Å². The van der Waals surface area contributed by atoms with E-state index in [1.54, 1.807) is 12.2 Å². The molecular formula is C23H31N5. The second-order valence-corrected chi connectivity index (χ2v) is 7.26. The summed E-state index contributed by atoms with van der Waals surface area (Å²) in [7, 11) is 0. The molecule has 148 valence electrons. The zero-order chi connectivity index (χ0) is 19.8. The maximum Gasteiger partial charge on any atom is 0.130 e. The van der Waals surface area contributed by atoms with Crippen molar-refractivity contribution in [2.75, 3.05) is 37.6 Å². The smallest absolute Gasteiger partial charge is 0.130 e. The molecule has 1 saturated heterocycles. The number of rotatable bonds is 9. The maximum absolute atomic E-state index is 7.58. The molecule has 1 aliphatic rings. The maximum atomic E-state index is 7.58. The van der Waals surface area contributed by atoms with Crippen molar-refractivity contribution in [1.82, 2.24) is 14.9 Å². The van der Waals surface area contributed by atoms with Gasteiger partial charge in [0, 0.05) is 31.9 Å². The molecule has 1 fully saturated rings. The Kier molecular flexibility index (Phi) is 7.20. The molecule has 5 heteroatoms. The van der Waals surface area contributed by atoms with E-state index >= 15 is 0 Å². The molecule has 0 aliphatic carbocycles. The van der Waals surface area contributed by atoms with Crippen molar-refractivity contribution in [3.05, 3.63) is 55.0 Å². The SMILES string of the molecule is C=CC(=N)/C=C\c1ncc(-c2ccc(N3CCN(CCCCC)CC3)cc2)[nH]1. The second-order valence-electron chi connectivity index (χ2n) is 7.26. The van der Waals surface area contributed by atoms with Crippen molar-refractivity contribution in [2.24, 2.45) is 0 Å².